The maximum atomic E-state index is 12.3. The minimum absolute atomic E-state index is 0.0795. The molecular formula is C27H34N4O6. The van der Waals surface area contributed by atoms with Crippen LogP contribution in [-0.2, 0) is 32.5 Å². The van der Waals surface area contributed by atoms with Crippen molar-refractivity contribution in [3.05, 3.63) is 47.5 Å². The van der Waals surface area contributed by atoms with Gasteiger partial charge in [0.2, 0.25) is 11.8 Å². The number of hydrogen-bond acceptors (Lipinski definition) is 7. The van der Waals surface area contributed by atoms with Gasteiger partial charge < -0.3 is 29.6 Å². The summed E-state index contributed by atoms with van der Waals surface area (Å²) < 4.78 is 24.8. The van der Waals surface area contributed by atoms with Crippen molar-refractivity contribution in [2.24, 2.45) is 18.7 Å². The largest absolute Gasteiger partial charge is 0.491 e. The maximum Gasteiger partial charge on any atom is 0.249 e. The van der Waals surface area contributed by atoms with E-state index in [1.807, 2.05) is 30.2 Å². The number of nitrogens with zero attached hydrogens (tertiary/aromatic N) is 3. The number of piperidine rings is 1. The molecule has 3 heterocycles. The Morgan fingerprint density at radius 2 is 1.78 bits per heavy atom. The van der Waals surface area contributed by atoms with Crippen molar-refractivity contribution >= 4 is 17.9 Å². The number of hydrogen-bond donors (Lipinski definition) is 1. The van der Waals surface area contributed by atoms with E-state index in [1.165, 1.54) is 0 Å². The molecule has 2 N–H and O–H groups in total. The summed E-state index contributed by atoms with van der Waals surface area (Å²) >= 11 is 0. The number of fused-ring (bicyclic) bond motifs is 3. The first-order valence-electron chi connectivity index (χ1n) is 12.8. The Hall–Kier alpha value is -3.37. The summed E-state index contributed by atoms with van der Waals surface area (Å²) in [6.45, 7) is 1.05. The summed E-state index contributed by atoms with van der Waals surface area (Å²) in [5.74, 6) is 0.919. The number of methoxy groups -OCH3 is 1. The molecule has 10 nitrogen and oxygen atoms in total. The van der Waals surface area contributed by atoms with Crippen LogP contribution < -0.4 is 15.2 Å². The highest BCUT2D eigenvalue weighted by Gasteiger charge is 2.43. The molecule has 0 radical (unpaired) electrons. The molecule has 1 aromatic heterocycles. The Balaban J connectivity index is 1.09. The fourth-order valence-corrected chi connectivity index (χ4v) is 5.72. The van der Waals surface area contributed by atoms with Crippen molar-refractivity contribution in [2.45, 2.75) is 50.3 Å². The first-order valence-corrected chi connectivity index (χ1v) is 12.8. The van der Waals surface area contributed by atoms with E-state index in [1.54, 1.807) is 30.1 Å². The van der Waals surface area contributed by atoms with E-state index >= 15 is 0 Å². The van der Waals surface area contributed by atoms with Gasteiger partial charge in [0.25, 0.3) is 0 Å². The van der Waals surface area contributed by atoms with E-state index in [4.69, 9.17) is 24.7 Å². The summed E-state index contributed by atoms with van der Waals surface area (Å²) in [7, 11) is 3.41. The first-order chi connectivity index (χ1) is 17.9. The van der Waals surface area contributed by atoms with E-state index < -0.39 is 11.8 Å². The Labute approximate surface area is 216 Å². The van der Waals surface area contributed by atoms with Crippen molar-refractivity contribution < 1.29 is 28.5 Å². The van der Waals surface area contributed by atoms with Crippen LogP contribution in [0.5, 0.6) is 11.5 Å². The van der Waals surface area contributed by atoms with E-state index in [0.29, 0.717) is 36.9 Å². The Morgan fingerprint density at radius 1 is 1.08 bits per heavy atom. The van der Waals surface area contributed by atoms with Crippen LogP contribution in [0.15, 0.2) is 36.2 Å². The van der Waals surface area contributed by atoms with Gasteiger partial charge in [0.05, 0.1) is 30.5 Å². The molecular weight excluding hydrogens is 476 g/mol. The Kier molecular flexibility index (Phi) is 7.48. The molecule has 2 fully saturated rings. The van der Waals surface area contributed by atoms with Crippen molar-refractivity contribution in [1.82, 2.24) is 14.7 Å². The number of rotatable bonds is 10. The first kappa shape index (κ1) is 25.3. The molecule has 3 aliphatic rings. The number of aryl methyl sites for hydroxylation is 1. The van der Waals surface area contributed by atoms with Crippen molar-refractivity contribution in [2.75, 3.05) is 26.9 Å². The second kappa shape index (κ2) is 10.9. The lowest BCUT2D eigenvalue weighted by atomic mass is 9.91. The van der Waals surface area contributed by atoms with Crippen LogP contribution in [-0.4, -0.2) is 71.6 Å². The topological polar surface area (TPSA) is 118 Å². The molecule has 5 rings (SSSR count). The van der Waals surface area contributed by atoms with Crippen LogP contribution in [0.4, 0.5) is 0 Å². The molecule has 2 unspecified atom stereocenters. The monoisotopic (exact) mass is 510 g/mol. The molecule has 1 aliphatic carbocycles. The standard InChI is InChI=1S/C27H34N4O6/c1-30-24-14-25(23(27(28)33)11-17(24)15-29-30)37-21-7-5-20(6-8-21)35-9-10-36-22-12-18-3-4-19(13-22)31(18)26(32)16-34-2/h5-8,14-15,18-19,22-23H,3-4,9-13,16H2,1-2H3,(H2,28,33)/t18-,19+,22?,23?. The molecule has 2 saturated heterocycles. The van der Waals surface area contributed by atoms with Crippen molar-refractivity contribution in [3.63, 3.8) is 0 Å². The quantitative estimate of drug-likeness (QED) is 0.486. The summed E-state index contributed by atoms with van der Waals surface area (Å²) in [5.41, 5.74) is 7.52. The lowest BCUT2D eigenvalue weighted by Crippen LogP contribution is -2.49. The average Bonchev–Trinajstić information content (AvgIpc) is 3.38. The Morgan fingerprint density at radius 3 is 2.46 bits per heavy atom. The van der Waals surface area contributed by atoms with Gasteiger partial charge in [0.1, 0.15) is 30.5 Å². The predicted octanol–water partition coefficient (Wildman–Crippen LogP) is 2.06. The van der Waals surface area contributed by atoms with Gasteiger partial charge in [-0.1, -0.05) is 0 Å². The maximum absolute atomic E-state index is 12.3. The van der Waals surface area contributed by atoms with Gasteiger partial charge in [0, 0.05) is 32.3 Å². The van der Waals surface area contributed by atoms with Gasteiger partial charge in [0.15, 0.2) is 0 Å². The number of aromatic nitrogens is 2. The highest BCUT2D eigenvalue weighted by Crippen LogP contribution is 2.37. The molecule has 4 atom stereocenters. The zero-order valence-corrected chi connectivity index (χ0v) is 21.3. The second-order valence-corrected chi connectivity index (χ2v) is 9.89. The van der Waals surface area contributed by atoms with E-state index in [-0.39, 0.29) is 30.7 Å². The summed E-state index contributed by atoms with van der Waals surface area (Å²) in [4.78, 5) is 26.3. The highest BCUT2D eigenvalue weighted by molar-refractivity contribution is 5.82. The van der Waals surface area contributed by atoms with Crippen LogP contribution >= 0.6 is 0 Å². The average molecular weight is 511 g/mol. The van der Waals surface area contributed by atoms with Gasteiger partial charge in [-0.15, -0.1) is 0 Å². The minimum Gasteiger partial charge on any atom is -0.491 e. The van der Waals surface area contributed by atoms with Crippen LogP contribution in [0.1, 0.15) is 36.9 Å². The highest BCUT2D eigenvalue weighted by atomic mass is 16.5. The summed E-state index contributed by atoms with van der Waals surface area (Å²) in [6.07, 6.45) is 7.98. The molecule has 2 aliphatic heterocycles. The van der Waals surface area contributed by atoms with E-state index in [0.717, 1.165) is 36.9 Å². The third kappa shape index (κ3) is 5.50. The van der Waals surface area contributed by atoms with Crippen molar-refractivity contribution in [1.29, 1.82) is 0 Å². The van der Waals surface area contributed by atoms with Gasteiger partial charge >= 0.3 is 0 Å². The zero-order chi connectivity index (χ0) is 25.9. The van der Waals surface area contributed by atoms with Gasteiger partial charge in [-0.05, 0) is 61.9 Å². The van der Waals surface area contributed by atoms with Gasteiger partial charge in [-0.25, -0.2) is 0 Å². The number of carbonyl (C=O) groups excluding carboxylic acids is 2. The number of ether oxygens (including phenoxy) is 4. The number of amides is 2. The van der Waals surface area contributed by atoms with Crippen LogP contribution in [0, 0.1) is 5.92 Å². The third-order valence-corrected chi connectivity index (χ3v) is 7.46. The smallest absolute Gasteiger partial charge is 0.249 e. The second-order valence-electron chi connectivity index (χ2n) is 9.89. The molecule has 0 saturated carbocycles. The lowest BCUT2D eigenvalue weighted by Gasteiger charge is -2.38. The fourth-order valence-electron chi connectivity index (χ4n) is 5.72. The lowest BCUT2D eigenvalue weighted by molar-refractivity contribution is -0.142. The Bertz CT molecular complexity index is 1150. The number of carbonyl (C=O) groups is 2. The molecule has 198 valence electrons. The fraction of sp³-hybridized carbons (Fsp3) is 0.519. The van der Waals surface area contributed by atoms with Crippen LogP contribution in [0.2, 0.25) is 0 Å². The summed E-state index contributed by atoms with van der Waals surface area (Å²) in [6, 6.07) is 7.76. The number of benzene rings is 1. The predicted molar refractivity (Wildman–Crippen MR) is 135 cm³/mol. The number of primary amides is 1. The third-order valence-electron chi connectivity index (χ3n) is 7.46. The molecule has 10 heteroatoms. The molecule has 2 amide bonds. The molecule has 2 aromatic rings. The minimum atomic E-state index is -0.537. The normalized spacial score (nSPS) is 24.4. The van der Waals surface area contributed by atoms with Crippen LogP contribution in [0.3, 0.4) is 0 Å². The molecule has 1 aromatic carbocycles. The molecule has 0 spiro atoms. The van der Waals surface area contributed by atoms with Crippen molar-refractivity contribution in [3.8, 4) is 11.5 Å². The number of nitrogens with two attached hydrogens (primary N) is 1. The van der Waals surface area contributed by atoms with E-state index in [9.17, 15) is 9.59 Å². The molecule has 37 heavy (non-hydrogen) atoms. The SMILES string of the molecule is COCC(=O)N1[C@@H]2CC[C@H]1CC(OCCOc1ccc(OC3=Cc4c(cnn4C)CC3C(N)=O)cc1)C2. The van der Waals surface area contributed by atoms with Gasteiger partial charge in [-0.3, -0.25) is 14.3 Å². The van der Waals surface area contributed by atoms with Gasteiger partial charge in [-0.2, -0.15) is 5.10 Å². The summed E-state index contributed by atoms with van der Waals surface area (Å²) in [5, 5.41) is 4.26. The molecule has 2 bridgehead atoms. The van der Waals surface area contributed by atoms with E-state index in [2.05, 4.69) is 5.10 Å². The zero-order valence-electron chi connectivity index (χ0n) is 21.3. The van der Waals surface area contributed by atoms with Crippen LogP contribution in [0.25, 0.3) is 6.08 Å².